The largest absolute Gasteiger partial charge is 0.490 e. The molecule has 2 heterocycles. The predicted molar refractivity (Wildman–Crippen MR) is 119 cm³/mol. The van der Waals surface area contributed by atoms with Crippen LogP contribution in [0.1, 0.15) is 38.2 Å². The lowest BCUT2D eigenvalue weighted by atomic mass is 9.95. The Bertz CT molecular complexity index is 861. The van der Waals surface area contributed by atoms with Gasteiger partial charge in [-0.25, -0.2) is 4.98 Å². The number of benzene rings is 1. The molecule has 0 radical (unpaired) electrons. The van der Waals surface area contributed by atoms with Gasteiger partial charge in [-0.1, -0.05) is 18.2 Å². The number of piperidine rings is 1. The minimum Gasteiger partial charge on any atom is -0.490 e. The van der Waals surface area contributed by atoms with E-state index < -0.39 is 0 Å². The van der Waals surface area contributed by atoms with E-state index in [1.165, 1.54) is 0 Å². The SMILES string of the molecule is CCOc1ccccc1OCCCC(=O)N1CCC(C(=O)Nc2ccc(C)cn2)CC1. The second-order valence-corrected chi connectivity index (χ2v) is 7.70. The minimum absolute atomic E-state index is 0.0233. The zero-order valence-electron chi connectivity index (χ0n) is 18.3. The Kier molecular flexibility index (Phi) is 8.27. The fourth-order valence-electron chi connectivity index (χ4n) is 3.57. The van der Waals surface area contributed by atoms with Crippen molar-refractivity contribution in [2.24, 2.45) is 5.92 Å². The number of ether oxygens (including phenoxy) is 2. The van der Waals surface area contributed by atoms with Crippen molar-refractivity contribution in [1.29, 1.82) is 0 Å². The zero-order chi connectivity index (χ0) is 22.1. The number of likely N-dealkylation sites (tertiary alicyclic amines) is 1. The van der Waals surface area contributed by atoms with Crippen LogP contribution >= 0.6 is 0 Å². The number of rotatable bonds is 9. The number of aromatic nitrogens is 1. The van der Waals surface area contributed by atoms with Gasteiger partial charge in [0.05, 0.1) is 13.2 Å². The molecule has 1 aromatic heterocycles. The van der Waals surface area contributed by atoms with Crippen LogP contribution in [0.5, 0.6) is 11.5 Å². The van der Waals surface area contributed by atoms with E-state index in [-0.39, 0.29) is 17.7 Å². The molecule has 1 saturated heterocycles. The number of nitrogens with one attached hydrogen (secondary N) is 1. The number of pyridine rings is 1. The number of anilines is 1. The fourth-order valence-corrected chi connectivity index (χ4v) is 3.57. The van der Waals surface area contributed by atoms with Crippen LogP contribution in [0.15, 0.2) is 42.6 Å². The first-order valence-electron chi connectivity index (χ1n) is 10.9. The standard InChI is InChI=1S/C24H31N3O4/c1-3-30-20-7-4-5-8-21(20)31-16-6-9-23(28)27-14-12-19(13-15-27)24(29)26-22-11-10-18(2)17-25-22/h4-5,7-8,10-11,17,19H,3,6,9,12-16H2,1-2H3,(H,25,26,29). The summed E-state index contributed by atoms with van der Waals surface area (Å²) in [7, 11) is 0. The third kappa shape index (κ3) is 6.70. The van der Waals surface area contributed by atoms with Gasteiger partial charge >= 0.3 is 0 Å². The van der Waals surface area contributed by atoms with Crippen LogP contribution in [0.25, 0.3) is 0 Å². The summed E-state index contributed by atoms with van der Waals surface area (Å²) in [4.78, 5) is 31.0. The molecule has 31 heavy (non-hydrogen) atoms. The summed E-state index contributed by atoms with van der Waals surface area (Å²) in [5, 5.41) is 2.87. The van der Waals surface area contributed by atoms with Gasteiger partial charge in [-0.15, -0.1) is 0 Å². The highest BCUT2D eigenvalue weighted by molar-refractivity contribution is 5.91. The molecule has 1 fully saturated rings. The molecule has 0 bridgehead atoms. The second kappa shape index (κ2) is 11.3. The van der Waals surface area contributed by atoms with Gasteiger partial charge in [0.1, 0.15) is 5.82 Å². The van der Waals surface area contributed by atoms with Gasteiger partial charge in [0.25, 0.3) is 0 Å². The summed E-state index contributed by atoms with van der Waals surface area (Å²) < 4.78 is 11.3. The molecule has 1 aromatic carbocycles. The first kappa shape index (κ1) is 22.6. The van der Waals surface area contributed by atoms with Crippen LogP contribution in [0.2, 0.25) is 0 Å². The van der Waals surface area contributed by atoms with Gasteiger partial charge in [-0.05, 0) is 56.9 Å². The van der Waals surface area contributed by atoms with Crippen molar-refractivity contribution in [3.8, 4) is 11.5 Å². The van der Waals surface area contributed by atoms with Crippen LogP contribution in [-0.2, 0) is 9.59 Å². The van der Waals surface area contributed by atoms with Crippen LogP contribution in [0.3, 0.4) is 0 Å². The normalized spacial score (nSPS) is 14.2. The minimum atomic E-state index is -0.0921. The maximum absolute atomic E-state index is 12.5. The van der Waals surface area contributed by atoms with E-state index >= 15 is 0 Å². The molecule has 0 unspecified atom stereocenters. The first-order valence-corrected chi connectivity index (χ1v) is 10.9. The van der Waals surface area contributed by atoms with E-state index in [0.717, 1.165) is 11.3 Å². The molecule has 0 aliphatic carbocycles. The molecule has 3 rings (SSSR count). The molecule has 1 N–H and O–H groups in total. The Labute approximate surface area is 183 Å². The molecule has 7 nitrogen and oxygen atoms in total. The molecular formula is C24H31N3O4. The molecule has 0 saturated carbocycles. The number of carbonyl (C=O) groups is 2. The topological polar surface area (TPSA) is 80.8 Å². The van der Waals surface area contributed by atoms with E-state index in [2.05, 4.69) is 10.3 Å². The molecule has 166 valence electrons. The summed E-state index contributed by atoms with van der Waals surface area (Å²) >= 11 is 0. The van der Waals surface area contributed by atoms with Crippen molar-refractivity contribution < 1.29 is 19.1 Å². The van der Waals surface area contributed by atoms with Crippen LogP contribution in [-0.4, -0.2) is 48.0 Å². The lowest BCUT2D eigenvalue weighted by Gasteiger charge is -2.31. The molecule has 0 atom stereocenters. The van der Waals surface area contributed by atoms with Crippen LogP contribution in [0, 0.1) is 12.8 Å². The quantitative estimate of drug-likeness (QED) is 0.618. The molecule has 2 aromatic rings. The van der Waals surface area contributed by atoms with Gasteiger partial charge in [0.2, 0.25) is 11.8 Å². The van der Waals surface area contributed by atoms with Gasteiger partial charge in [-0.2, -0.15) is 0 Å². The lowest BCUT2D eigenvalue weighted by Crippen LogP contribution is -2.41. The third-order valence-corrected chi connectivity index (χ3v) is 5.32. The number of carbonyl (C=O) groups excluding carboxylic acids is 2. The van der Waals surface area contributed by atoms with Crippen molar-refractivity contribution in [3.63, 3.8) is 0 Å². The van der Waals surface area contributed by atoms with E-state index in [4.69, 9.17) is 9.47 Å². The van der Waals surface area contributed by atoms with Crippen LogP contribution in [0.4, 0.5) is 5.82 Å². The fraction of sp³-hybridized carbons (Fsp3) is 0.458. The van der Waals surface area contributed by atoms with Crippen molar-refractivity contribution in [3.05, 3.63) is 48.2 Å². The number of para-hydroxylation sites is 2. The molecule has 2 amide bonds. The van der Waals surface area contributed by atoms with E-state index in [1.807, 2.05) is 49.1 Å². The number of hydrogen-bond acceptors (Lipinski definition) is 5. The Balaban J connectivity index is 1.36. The third-order valence-electron chi connectivity index (χ3n) is 5.32. The number of nitrogens with zero attached hydrogens (tertiary/aromatic N) is 2. The van der Waals surface area contributed by atoms with Crippen LogP contribution < -0.4 is 14.8 Å². The molecule has 0 spiro atoms. The monoisotopic (exact) mass is 425 g/mol. The summed E-state index contributed by atoms with van der Waals surface area (Å²) in [5.74, 6) is 1.99. The first-order chi connectivity index (χ1) is 15.1. The highest BCUT2D eigenvalue weighted by atomic mass is 16.5. The maximum Gasteiger partial charge on any atom is 0.228 e. The van der Waals surface area contributed by atoms with Crippen molar-refractivity contribution in [2.45, 2.75) is 39.5 Å². The number of aryl methyl sites for hydroxylation is 1. The average Bonchev–Trinajstić information content (AvgIpc) is 2.79. The maximum atomic E-state index is 12.5. The summed E-state index contributed by atoms with van der Waals surface area (Å²) in [6, 6.07) is 11.3. The Morgan fingerprint density at radius 2 is 1.81 bits per heavy atom. The molecule has 1 aliphatic heterocycles. The number of hydrogen-bond donors (Lipinski definition) is 1. The van der Waals surface area contributed by atoms with Gasteiger partial charge in [0.15, 0.2) is 11.5 Å². The molecular weight excluding hydrogens is 394 g/mol. The lowest BCUT2D eigenvalue weighted by molar-refractivity contribution is -0.134. The Morgan fingerprint density at radius 3 is 2.45 bits per heavy atom. The van der Waals surface area contributed by atoms with Crippen molar-refractivity contribution >= 4 is 17.6 Å². The summed E-state index contributed by atoms with van der Waals surface area (Å²) in [6.07, 6.45) is 4.14. The van der Waals surface area contributed by atoms with E-state index in [0.29, 0.717) is 63.6 Å². The smallest absolute Gasteiger partial charge is 0.228 e. The van der Waals surface area contributed by atoms with Crippen molar-refractivity contribution in [1.82, 2.24) is 9.88 Å². The zero-order valence-corrected chi connectivity index (χ0v) is 18.3. The predicted octanol–water partition coefficient (Wildman–Crippen LogP) is 3.83. The second-order valence-electron chi connectivity index (χ2n) is 7.70. The van der Waals surface area contributed by atoms with E-state index in [9.17, 15) is 9.59 Å². The number of amides is 2. The van der Waals surface area contributed by atoms with Gasteiger partial charge < -0.3 is 19.7 Å². The van der Waals surface area contributed by atoms with Gasteiger partial charge in [-0.3, -0.25) is 9.59 Å². The van der Waals surface area contributed by atoms with Crippen molar-refractivity contribution in [2.75, 3.05) is 31.6 Å². The average molecular weight is 426 g/mol. The molecule has 1 aliphatic rings. The Hall–Kier alpha value is -3.09. The summed E-state index contributed by atoms with van der Waals surface area (Å²) in [6.45, 7) is 6.13. The molecule has 7 heteroatoms. The highest BCUT2D eigenvalue weighted by Crippen LogP contribution is 2.26. The Morgan fingerprint density at radius 1 is 1.10 bits per heavy atom. The summed E-state index contributed by atoms with van der Waals surface area (Å²) in [5.41, 5.74) is 1.05. The van der Waals surface area contributed by atoms with Gasteiger partial charge in [0, 0.05) is 31.6 Å². The van der Waals surface area contributed by atoms with E-state index in [1.54, 1.807) is 12.3 Å². The highest BCUT2D eigenvalue weighted by Gasteiger charge is 2.27.